The summed E-state index contributed by atoms with van der Waals surface area (Å²) in [5.41, 5.74) is 2.36. The zero-order valence-corrected chi connectivity index (χ0v) is 21.2. The van der Waals surface area contributed by atoms with Crippen molar-refractivity contribution < 1.29 is 19.1 Å². The molecule has 8 heteroatoms. The van der Waals surface area contributed by atoms with Gasteiger partial charge in [0.2, 0.25) is 0 Å². The van der Waals surface area contributed by atoms with Crippen LogP contribution in [0.5, 0.6) is 11.5 Å². The van der Waals surface area contributed by atoms with Crippen LogP contribution in [0.15, 0.2) is 78.9 Å². The topological polar surface area (TPSA) is 76.9 Å². The van der Waals surface area contributed by atoms with Crippen LogP contribution in [-0.4, -0.2) is 70.3 Å². The zero-order chi connectivity index (χ0) is 25.9. The highest BCUT2D eigenvalue weighted by Crippen LogP contribution is 2.25. The van der Waals surface area contributed by atoms with E-state index in [-0.39, 0.29) is 17.9 Å². The van der Waals surface area contributed by atoms with E-state index in [0.29, 0.717) is 45.0 Å². The molecule has 38 heavy (non-hydrogen) atoms. The summed E-state index contributed by atoms with van der Waals surface area (Å²) in [7, 11) is 0. The van der Waals surface area contributed by atoms with Crippen molar-refractivity contribution in [2.75, 3.05) is 32.8 Å². The lowest BCUT2D eigenvalue weighted by Gasteiger charge is -2.35. The fourth-order valence-electron chi connectivity index (χ4n) is 5.17. The molecule has 0 aliphatic carbocycles. The maximum atomic E-state index is 13.6. The van der Waals surface area contributed by atoms with Gasteiger partial charge in [0.25, 0.3) is 11.8 Å². The summed E-state index contributed by atoms with van der Waals surface area (Å²) in [4.78, 5) is 29.9. The van der Waals surface area contributed by atoms with Crippen molar-refractivity contribution in [3.63, 3.8) is 0 Å². The molecule has 6 rings (SSSR count). The highest BCUT2D eigenvalue weighted by Gasteiger charge is 2.32. The Kier molecular flexibility index (Phi) is 6.79. The molecule has 2 saturated heterocycles. The smallest absolute Gasteiger partial charge is 0.275 e. The molecule has 194 valence electrons. The van der Waals surface area contributed by atoms with Crippen LogP contribution in [0.1, 0.15) is 28.9 Å². The van der Waals surface area contributed by atoms with E-state index in [1.54, 1.807) is 4.90 Å². The molecule has 2 aliphatic heterocycles. The fraction of sp³-hybridized carbons (Fsp3) is 0.300. The average molecular weight is 511 g/mol. The molecule has 0 N–H and O–H groups in total. The van der Waals surface area contributed by atoms with Crippen LogP contribution >= 0.6 is 0 Å². The lowest BCUT2D eigenvalue weighted by molar-refractivity contribution is -0.142. The van der Waals surface area contributed by atoms with Crippen LogP contribution in [0, 0.1) is 0 Å². The second-order valence-corrected chi connectivity index (χ2v) is 9.71. The summed E-state index contributed by atoms with van der Waals surface area (Å²) in [5.74, 6) is 1.46. The number of fused-ring (bicyclic) bond motifs is 1. The van der Waals surface area contributed by atoms with Crippen molar-refractivity contribution >= 4 is 22.7 Å². The zero-order valence-electron chi connectivity index (χ0n) is 21.2. The molecule has 3 heterocycles. The second-order valence-electron chi connectivity index (χ2n) is 9.71. The normalized spacial score (nSPS) is 17.6. The number of nitrogens with zero attached hydrogens (tertiary/aromatic N) is 4. The van der Waals surface area contributed by atoms with Crippen molar-refractivity contribution in [2.24, 2.45) is 0 Å². The van der Waals surface area contributed by atoms with Crippen LogP contribution in [-0.2, 0) is 16.1 Å². The van der Waals surface area contributed by atoms with Gasteiger partial charge < -0.3 is 19.3 Å². The third kappa shape index (κ3) is 4.99. The van der Waals surface area contributed by atoms with Gasteiger partial charge in [-0.15, -0.1) is 0 Å². The first-order chi connectivity index (χ1) is 18.7. The maximum absolute atomic E-state index is 13.6. The molecular formula is C30H30N4O4. The number of benzene rings is 3. The van der Waals surface area contributed by atoms with Gasteiger partial charge in [-0.3, -0.25) is 14.3 Å². The van der Waals surface area contributed by atoms with E-state index in [1.807, 2.05) is 88.4 Å². The van der Waals surface area contributed by atoms with E-state index in [0.717, 1.165) is 40.8 Å². The van der Waals surface area contributed by atoms with Crippen molar-refractivity contribution in [3.05, 3.63) is 90.1 Å². The van der Waals surface area contributed by atoms with Gasteiger partial charge >= 0.3 is 0 Å². The van der Waals surface area contributed by atoms with Crippen molar-refractivity contribution in [3.8, 4) is 11.5 Å². The number of amides is 2. The third-order valence-electron chi connectivity index (χ3n) is 7.15. The monoisotopic (exact) mass is 510 g/mol. The number of para-hydroxylation sites is 2. The quantitative estimate of drug-likeness (QED) is 0.386. The number of aromatic nitrogens is 2. The lowest BCUT2D eigenvalue weighted by atomic mass is 10.1. The molecule has 1 atom stereocenters. The van der Waals surface area contributed by atoms with Gasteiger partial charge in [-0.2, -0.15) is 5.10 Å². The summed E-state index contributed by atoms with van der Waals surface area (Å²) in [6.45, 7) is 3.14. The number of hydrogen-bond donors (Lipinski definition) is 0. The number of carbonyl (C=O) groups excluding carboxylic acids is 2. The van der Waals surface area contributed by atoms with Gasteiger partial charge in [0.05, 0.1) is 12.1 Å². The Balaban J connectivity index is 1.18. The van der Waals surface area contributed by atoms with Gasteiger partial charge in [0.1, 0.15) is 17.6 Å². The molecular weight excluding hydrogens is 480 g/mol. The Morgan fingerprint density at radius 1 is 0.868 bits per heavy atom. The molecule has 1 aromatic heterocycles. The van der Waals surface area contributed by atoms with E-state index in [1.165, 1.54) is 0 Å². The van der Waals surface area contributed by atoms with E-state index in [9.17, 15) is 9.59 Å². The van der Waals surface area contributed by atoms with Gasteiger partial charge in [-0.05, 0) is 48.7 Å². The standard InChI is InChI=1S/C30H30N4O4/c35-29(27-14-7-19-37-27)32-15-17-33(18-16-32)30(36)28-25-12-4-5-13-26(25)34(31-28)21-22-8-6-11-24(20-22)38-23-9-2-1-3-10-23/h1-6,8-13,20,27H,7,14-19,21H2. The van der Waals surface area contributed by atoms with Crippen LogP contribution in [0.2, 0.25) is 0 Å². The molecule has 1 unspecified atom stereocenters. The summed E-state index contributed by atoms with van der Waals surface area (Å²) >= 11 is 0. The average Bonchev–Trinajstić information content (AvgIpc) is 3.62. The Bertz CT molecular complexity index is 1440. The molecule has 2 fully saturated rings. The van der Waals surface area contributed by atoms with Gasteiger partial charge in [0, 0.05) is 38.2 Å². The Labute approximate surface area is 221 Å². The van der Waals surface area contributed by atoms with Crippen molar-refractivity contribution in [1.82, 2.24) is 19.6 Å². The molecule has 0 bridgehead atoms. The van der Waals surface area contributed by atoms with Crippen LogP contribution < -0.4 is 4.74 Å². The fourth-order valence-corrected chi connectivity index (χ4v) is 5.17. The summed E-state index contributed by atoms with van der Waals surface area (Å²) in [5, 5.41) is 5.60. The van der Waals surface area contributed by atoms with Crippen molar-refractivity contribution in [1.29, 1.82) is 0 Å². The minimum absolute atomic E-state index is 0.0443. The van der Waals surface area contributed by atoms with Crippen LogP contribution in [0.4, 0.5) is 0 Å². The highest BCUT2D eigenvalue weighted by atomic mass is 16.5. The third-order valence-corrected chi connectivity index (χ3v) is 7.15. The van der Waals surface area contributed by atoms with E-state index < -0.39 is 0 Å². The number of ether oxygens (including phenoxy) is 2. The largest absolute Gasteiger partial charge is 0.457 e. The van der Waals surface area contributed by atoms with Crippen LogP contribution in [0.3, 0.4) is 0 Å². The maximum Gasteiger partial charge on any atom is 0.275 e. The molecule has 0 radical (unpaired) electrons. The Hall–Kier alpha value is -4.17. The van der Waals surface area contributed by atoms with Gasteiger partial charge in [-0.1, -0.05) is 48.5 Å². The Morgan fingerprint density at radius 3 is 2.39 bits per heavy atom. The first-order valence-corrected chi connectivity index (χ1v) is 13.1. The molecule has 0 saturated carbocycles. The molecule has 4 aromatic rings. The molecule has 3 aromatic carbocycles. The minimum atomic E-state index is -0.325. The van der Waals surface area contributed by atoms with Gasteiger partial charge in [0.15, 0.2) is 5.69 Å². The van der Waals surface area contributed by atoms with E-state index in [2.05, 4.69) is 0 Å². The Morgan fingerprint density at radius 2 is 1.61 bits per heavy atom. The molecule has 0 spiro atoms. The highest BCUT2D eigenvalue weighted by molar-refractivity contribution is 6.05. The molecule has 2 amide bonds. The van der Waals surface area contributed by atoms with E-state index >= 15 is 0 Å². The first-order valence-electron chi connectivity index (χ1n) is 13.1. The SMILES string of the molecule is O=C(c1nn(Cc2cccc(Oc3ccccc3)c2)c2ccccc12)N1CCN(C(=O)C2CCCO2)CC1. The summed E-state index contributed by atoms with van der Waals surface area (Å²) < 4.78 is 13.4. The number of rotatable bonds is 6. The number of carbonyl (C=O) groups is 2. The summed E-state index contributed by atoms with van der Waals surface area (Å²) in [6, 6.07) is 25.4. The van der Waals surface area contributed by atoms with Crippen LogP contribution in [0.25, 0.3) is 10.9 Å². The van der Waals surface area contributed by atoms with Gasteiger partial charge in [-0.25, -0.2) is 0 Å². The number of piperazine rings is 1. The summed E-state index contributed by atoms with van der Waals surface area (Å²) in [6.07, 6.45) is 1.38. The predicted molar refractivity (Wildman–Crippen MR) is 143 cm³/mol. The molecule has 8 nitrogen and oxygen atoms in total. The van der Waals surface area contributed by atoms with Crippen molar-refractivity contribution in [2.45, 2.75) is 25.5 Å². The number of hydrogen-bond acceptors (Lipinski definition) is 5. The minimum Gasteiger partial charge on any atom is -0.457 e. The molecule has 2 aliphatic rings. The van der Waals surface area contributed by atoms with E-state index in [4.69, 9.17) is 14.6 Å². The second kappa shape index (κ2) is 10.7. The lowest BCUT2D eigenvalue weighted by Crippen LogP contribution is -2.52. The first kappa shape index (κ1) is 24.2. The predicted octanol–water partition coefficient (Wildman–Crippen LogP) is 4.34.